The zero-order chi connectivity index (χ0) is 18.5. The Labute approximate surface area is 179 Å². The summed E-state index contributed by atoms with van der Waals surface area (Å²) < 4.78 is 5.51. The molecule has 3 rings (SSSR count). The van der Waals surface area contributed by atoms with Crippen molar-refractivity contribution < 1.29 is 14.3 Å². The second-order valence-electron chi connectivity index (χ2n) is 7.05. The fraction of sp³-hybridized carbons (Fsp3) is 0.579. The summed E-state index contributed by atoms with van der Waals surface area (Å²) in [4.78, 5) is 28.9. The first-order valence-corrected chi connectivity index (χ1v) is 9.24. The molecule has 0 unspecified atom stereocenters. The molecule has 1 aromatic carbocycles. The Kier molecular flexibility index (Phi) is 10.2. The van der Waals surface area contributed by atoms with Crippen molar-refractivity contribution >= 4 is 42.3 Å². The van der Waals surface area contributed by atoms with Crippen molar-refractivity contribution in [3.8, 4) is 0 Å². The second kappa shape index (κ2) is 11.6. The minimum Gasteiger partial charge on any atom is -0.375 e. The molecule has 2 aliphatic rings. The van der Waals surface area contributed by atoms with Crippen LogP contribution in [0.1, 0.15) is 12.5 Å². The molecule has 158 valence electrons. The van der Waals surface area contributed by atoms with Gasteiger partial charge in [-0.2, -0.15) is 0 Å². The number of carbonyl (C=O) groups is 2. The molecule has 0 aliphatic carbocycles. The first kappa shape index (κ1) is 24.7. The van der Waals surface area contributed by atoms with E-state index in [-0.39, 0.29) is 48.8 Å². The smallest absolute Gasteiger partial charge is 0.244 e. The Morgan fingerprint density at radius 3 is 2.39 bits per heavy atom. The van der Waals surface area contributed by atoms with E-state index in [1.807, 2.05) is 36.1 Å². The predicted molar refractivity (Wildman–Crippen MR) is 115 cm³/mol. The molecule has 7 nitrogen and oxygen atoms in total. The van der Waals surface area contributed by atoms with Crippen molar-refractivity contribution in [2.45, 2.75) is 25.5 Å². The van der Waals surface area contributed by atoms with Crippen molar-refractivity contribution in [2.75, 3.05) is 51.7 Å². The summed E-state index contributed by atoms with van der Waals surface area (Å²) in [5.74, 6) is 0.0609. The second-order valence-corrected chi connectivity index (χ2v) is 7.05. The first-order chi connectivity index (χ1) is 12.5. The van der Waals surface area contributed by atoms with E-state index in [2.05, 4.69) is 22.6 Å². The SMILES string of the molecule is C[C@H]1OCCN[C@@H]1C(=O)Nc1ccc(CC(=O)N2CCN(C)CC2)cc1.Cl.Cl. The fourth-order valence-corrected chi connectivity index (χ4v) is 3.30. The molecular weight excluding hydrogens is 403 g/mol. The average molecular weight is 433 g/mol. The van der Waals surface area contributed by atoms with E-state index < -0.39 is 0 Å². The lowest BCUT2D eigenvalue weighted by molar-refractivity contribution is -0.132. The molecule has 2 amide bonds. The number of hydrogen-bond acceptors (Lipinski definition) is 5. The number of rotatable bonds is 4. The third-order valence-electron chi connectivity index (χ3n) is 5.03. The molecule has 2 fully saturated rings. The molecule has 0 aromatic heterocycles. The van der Waals surface area contributed by atoms with Gasteiger partial charge in [0.1, 0.15) is 6.04 Å². The summed E-state index contributed by atoms with van der Waals surface area (Å²) in [7, 11) is 2.07. The van der Waals surface area contributed by atoms with Crippen LogP contribution in [0.25, 0.3) is 0 Å². The van der Waals surface area contributed by atoms with Crippen molar-refractivity contribution in [1.82, 2.24) is 15.1 Å². The Morgan fingerprint density at radius 1 is 1.14 bits per heavy atom. The molecule has 2 heterocycles. The molecule has 28 heavy (non-hydrogen) atoms. The van der Waals surface area contributed by atoms with Crippen LogP contribution in [0, 0.1) is 0 Å². The summed E-state index contributed by atoms with van der Waals surface area (Å²) >= 11 is 0. The Morgan fingerprint density at radius 2 is 1.79 bits per heavy atom. The van der Waals surface area contributed by atoms with Gasteiger partial charge in [-0.05, 0) is 31.7 Å². The molecule has 9 heteroatoms. The summed E-state index contributed by atoms with van der Waals surface area (Å²) in [6.07, 6.45) is 0.247. The van der Waals surface area contributed by atoms with Gasteiger partial charge in [0.25, 0.3) is 0 Å². The molecule has 0 bridgehead atoms. The van der Waals surface area contributed by atoms with E-state index in [1.165, 1.54) is 0 Å². The molecule has 2 aliphatic heterocycles. The topological polar surface area (TPSA) is 73.9 Å². The monoisotopic (exact) mass is 432 g/mol. The Hall–Kier alpha value is -1.38. The van der Waals surface area contributed by atoms with E-state index in [0.29, 0.717) is 19.6 Å². The van der Waals surface area contributed by atoms with Crippen LogP contribution in [-0.4, -0.2) is 80.1 Å². The van der Waals surface area contributed by atoms with Crippen LogP contribution in [0.5, 0.6) is 0 Å². The van der Waals surface area contributed by atoms with E-state index >= 15 is 0 Å². The van der Waals surface area contributed by atoms with Crippen molar-refractivity contribution in [1.29, 1.82) is 0 Å². The molecule has 0 spiro atoms. The largest absolute Gasteiger partial charge is 0.375 e. The Balaban J connectivity index is 0.00000196. The zero-order valence-corrected chi connectivity index (χ0v) is 18.0. The van der Waals surface area contributed by atoms with Crippen LogP contribution in [-0.2, 0) is 20.7 Å². The maximum Gasteiger partial charge on any atom is 0.244 e. The highest BCUT2D eigenvalue weighted by Crippen LogP contribution is 2.14. The number of amides is 2. The van der Waals surface area contributed by atoms with Gasteiger partial charge >= 0.3 is 0 Å². The van der Waals surface area contributed by atoms with Crippen LogP contribution in [0.15, 0.2) is 24.3 Å². The molecule has 2 atom stereocenters. The minimum atomic E-state index is -0.345. The first-order valence-electron chi connectivity index (χ1n) is 9.24. The van der Waals surface area contributed by atoms with Gasteiger partial charge < -0.3 is 25.2 Å². The lowest BCUT2D eigenvalue weighted by Crippen LogP contribution is -2.53. The molecule has 1 aromatic rings. The van der Waals surface area contributed by atoms with Gasteiger partial charge in [0.05, 0.1) is 19.1 Å². The zero-order valence-electron chi connectivity index (χ0n) is 16.3. The maximum absolute atomic E-state index is 12.4. The summed E-state index contributed by atoms with van der Waals surface area (Å²) in [5.41, 5.74) is 1.68. The van der Waals surface area contributed by atoms with E-state index in [4.69, 9.17) is 4.74 Å². The highest BCUT2D eigenvalue weighted by atomic mass is 35.5. The lowest BCUT2D eigenvalue weighted by Gasteiger charge is -2.32. The van der Waals surface area contributed by atoms with Crippen molar-refractivity contribution in [3.63, 3.8) is 0 Å². The number of ether oxygens (including phenoxy) is 1. The van der Waals surface area contributed by atoms with Gasteiger partial charge in [-0.15, -0.1) is 24.8 Å². The summed E-state index contributed by atoms with van der Waals surface area (Å²) in [5, 5.41) is 6.08. The number of morpholine rings is 1. The number of piperazine rings is 1. The van der Waals surface area contributed by atoms with Gasteiger partial charge in [0.2, 0.25) is 11.8 Å². The molecule has 2 saturated heterocycles. The lowest BCUT2D eigenvalue weighted by atomic mass is 10.1. The number of carbonyl (C=O) groups excluding carboxylic acids is 2. The Bertz CT molecular complexity index is 637. The average Bonchev–Trinajstić information content (AvgIpc) is 2.64. The van der Waals surface area contributed by atoms with Crippen LogP contribution < -0.4 is 10.6 Å². The minimum absolute atomic E-state index is 0. The standard InChI is InChI=1S/C19H28N4O3.2ClH/c1-14-18(20-7-12-26-14)19(25)21-16-5-3-15(4-6-16)13-17(24)23-10-8-22(2)9-11-23;;/h3-6,14,18,20H,7-13H2,1-2H3,(H,21,25);2*1H/t14-,18+;;/m1../s1. The summed E-state index contributed by atoms with van der Waals surface area (Å²) in [6, 6.07) is 7.15. The maximum atomic E-state index is 12.4. The molecule has 2 N–H and O–H groups in total. The highest BCUT2D eigenvalue weighted by Gasteiger charge is 2.28. The van der Waals surface area contributed by atoms with Crippen LogP contribution in [0.3, 0.4) is 0 Å². The molecule has 0 saturated carbocycles. The number of likely N-dealkylation sites (N-methyl/N-ethyl adjacent to an activating group) is 1. The highest BCUT2D eigenvalue weighted by molar-refractivity contribution is 5.95. The summed E-state index contributed by atoms with van der Waals surface area (Å²) in [6.45, 7) is 6.62. The van der Waals surface area contributed by atoms with Crippen LogP contribution >= 0.6 is 24.8 Å². The van der Waals surface area contributed by atoms with Gasteiger partial charge in [0, 0.05) is 38.4 Å². The van der Waals surface area contributed by atoms with Gasteiger partial charge in [-0.25, -0.2) is 0 Å². The van der Waals surface area contributed by atoms with E-state index in [9.17, 15) is 9.59 Å². The predicted octanol–water partition coefficient (Wildman–Crippen LogP) is 1.16. The number of hydrogen-bond donors (Lipinski definition) is 2. The normalized spacial score (nSPS) is 22.6. The molecule has 0 radical (unpaired) electrons. The number of anilines is 1. The van der Waals surface area contributed by atoms with Crippen LogP contribution in [0.4, 0.5) is 5.69 Å². The van der Waals surface area contributed by atoms with Crippen LogP contribution in [0.2, 0.25) is 0 Å². The van der Waals surface area contributed by atoms with Gasteiger partial charge in [0.15, 0.2) is 0 Å². The third-order valence-corrected chi connectivity index (χ3v) is 5.03. The third kappa shape index (κ3) is 6.60. The fourth-order valence-electron chi connectivity index (χ4n) is 3.30. The van der Waals surface area contributed by atoms with Crippen molar-refractivity contribution in [3.05, 3.63) is 29.8 Å². The number of benzene rings is 1. The molecular formula is C19H30Cl2N4O3. The quantitative estimate of drug-likeness (QED) is 0.746. The van der Waals surface area contributed by atoms with Gasteiger partial charge in [-0.1, -0.05) is 12.1 Å². The van der Waals surface area contributed by atoms with Crippen molar-refractivity contribution in [2.24, 2.45) is 0 Å². The van der Waals surface area contributed by atoms with Gasteiger partial charge in [-0.3, -0.25) is 9.59 Å². The number of halogens is 2. The number of nitrogens with one attached hydrogen (secondary N) is 2. The van der Waals surface area contributed by atoms with E-state index in [0.717, 1.165) is 37.4 Å². The number of nitrogens with zero attached hydrogens (tertiary/aromatic N) is 2. The van der Waals surface area contributed by atoms with E-state index in [1.54, 1.807) is 0 Å².